The Labute approximate surface area is 88.1 Å². The topological polar surface area (TPSA) is 66.8 Å². The molecule has 0 radical (unpaired) electrons. The van der Waals surface area contributed by atoms with Crippen molar-refractivity contribution in [1.82, 2.24) is 0 Å². The smallest absolute Gasteiger partial charge is 0.166 e. The molecule has 1 rings (SSSR count). The van der Waals surface area contributed by atoms with Gasteiger partial charge in [0.15, 0.2) is 5.78 Å². The second kappa shape index (κ2) is 5.36. The first-order chi connectivity index (χ1) is 7.19. The molecule has 0 aliphatic heterocycles. The number of ether oxygens (including phenoxy) is 1. The van der Waals surface area contributed by atoms with Gasteiger partial charge in [0.05, 0.1) is 12.2 Å². The minimum absolute atomic E-state index is 0.0858. The van der Waals surface area contributed by atoms with Crippen LogP contribution in [-0.2, 0) is 0 Å². The van der Waals surface area contributed by atoms with E-state index in [9.17, 15) is 9.90 Å². The van der Waals surface area contributed by atoms with Crippen LogP contribution in [0.2, 0.25) is 0 Å². The van der Waals surface area contributed by atoms with Crippen molar-refractivity contribution in [3.8, 4) is 11.5 Å². The first-order valence-corrected chi connectivity index (χ1v) is 4.79. The number of rotatable bonds is 5. The van der Waals surface area contributed by atoms with Crippen molar-refractivity contribution in [2.75, 3.05) is 13.2 Å². The Morgan fingerprint density at radius 3 is 2.73 bits per heavy atom. The molecule has 0 amide bonds. The lowest BCUT2D eigenvalue weighted by Crippen LogP contribution is -2.02. The lowest BCUT2D eigenvalue weighted by molar-refractivity contribution is 0.0985. The Balaban J connectivity index is 2.83. The van der Waals surface area contributed by atoms with E-state index in [4.69, 9.17) is 9.84 Å². The highest BCUT2D eigenvalue weighted by atomic mass is 16.5. The summed E-state index contributed by atoms with van der Waals surface area (Å²) in [5.74, 6) is 0.243. The summed E-state index contributed by atoms with van der Waals surface area (Å²) < 4.78 is 5.08. The summed E-state index contributed by atoms with van der Waals surface area (Å²) >= 11 is 0. The normalized spacial score (nSPS) is 10.0. The fourth-order valence-corrected chi connectivity index (χ4v) is 1.19. The van der Waals surface area contributed by atoms with Gasteiger partial charge in [0, 0.05) is 12.5 Å². The van der Waals surface area contributed by atoms with Crippen molar-refractivity contribution in [3.05, 3.63) is 23.8 Å². The molecule has 15 heavy (non-hydrogen) atoms. The van der Waals surface area contributed by atoms with E-state index < -0.39 is 0 Å². The van der Waals surface area contributed by atoms with Crippen molar-refractivity contribution in [1.29, 1.82) is 0 Å². The SMILES string of the molecule is CCC(=O)c1ccc(OCCO)cc1O. The highest BCUT2D eigenvalue weighted by molar-refractivity contribution is 5.98. The molecule has 0 atom stereocenters. The highest BCUT2D eigenvalue weighted by Gasteiger charge is 2.09. The van der Waals surface area contributed by atoms with Gasteiger partial charge in [-0.05, 0) is 12.1 Å². The number of benzene rings is 1. The van der Waals surface area contributed by atoms with Crippen molar-refractivity contribution in [2.24, 2.45) is 0 Å². The van der Waals surface area contributed by atoms with Crippen molar-refractivity contribution in [2.45, 2.75) is 13.3 Å². The van der Waals surface area contributed by atoms with Crippen LogP contribution < -0.4 is 4.74 Å². The van der Waals surface area contributed by atoms with Crippen LogP contribution in [0.5, 0.6) is 11.5 Å². The molecule has 82 valence electrons. The molecule has 0 heterocycles. The summed E-state index contributed by atoms with van der Waals surface area (Å²) in [6.45, 7) is 1.81. The van der Waals surface area contributed by atoms with Gasteiger partial charge in [-0.15, -0.1) is 0 Å². The quantitative estimate of drug-likeness (QED) is 0.720. The van der Waals surface area contributed by atoms with E-state index in [1.165, 1.54) is 12.1 Å². The Morgan fingerprint density at radius 2 is 2.20 bits per heavy atom. The van der Waals surface area contributed by atoms with Crippen LogP contribution in [0.15, 0.2) is 18.2 Å². The molecule has 1 aromatic carbocycles. The maximum absolute atomic E-state index is 11.3. The summed E-state index contributed by atoms with van der Waals surface area (Å²) in [6.07, 6.45) is 0.352. The third-order valence-electron chi connectivity index (χ3n) is 1.95. The van der Waals surface area contributed by atoms with Crippen LogP contribution in [-0.4, -0.2) is 29.2 Å². The summed E-state index contributed by atoms with van der Waals surface area (Å²) in [5, 5.41) is 18.1. The number of carbonyl (C=O) groups excluding carboxylic acids is 1. The standard InChI is InChI=1S/C11H14O4/c1-2-10(13)9-4-3-8(7-11(9)14)15-6-5-12/h3-4,7,12,14H,2,5-6H2,1H3. The second-order valence-corrected chi connectivity index (χ2v) is 3.03. The molecule has 0 fully saturated rings. The molecule has 1 aromatic rings. The number of aliphatic hydroxyl groups is 1. The molecular formula is C11H14O4. The van der Waals surface area contributed by atoms with Crippen molar-refractivity contribution < 1.29 is 19.7 Å². The van der Waals surface area contributed by atoms with Crippen molar-refractivity contribution in [3.63, 3.8) is 0 Å². The molecular weight excluding hydrogens is 196 g/mol. The lowest BCUT2D eigenvalue weighted by Gasteiger charge is -2.06. The Bertz CT molecular complexity index is 346. The fraction of sp³-hybridized carbons (Fsp3) is 0.364. The summed E-state index contributed by atoms with van der Waals surface area (Å²) in [4.78, 5) is 11.3. The van der Waals surface area contributed by atoms with Crippen LogP contribution in [0.25, 0.3) is 0 Å². The zero-order valence-electron chi connectivity index (χ0n) is 8.56. The summed E-state index contributed by atoms with van der Waals surface area (Å²) in [5.41, 5.74) is 0.300. The first kappa shape index (κ1) is 11.5. The van der Waals surface area contributed by atoms with E-state index in [0.717, 1.165) is 0 Å². The average molecular weight is 210 g/mol. The van der Waals surface area contributed by atoms with Gasteiger partial charge >= 0.3 is 0 Å². The van der Waals surface area contributed by atoms with E-state index in [0.29, 0.717) is 17.7 Å². The molecule has 0 aromatic heterocycles. The van der Waals surface area contributed by atoms with Gasteiger partial charge < -0.3 is 14.9 Å². The third kappa shape index (κ3) is 2.95. The molecule has 0 bridgehead atoms. The summed E-state index contributed by atoms with van der Waals surface area (Å²) in [7, 11) is 0. The van der Waals surface area contributed by atoms with Gasteiger partial charge in [-0.25, -0.2) is 0 Å². The molecule has 4 nitrogen and oxygen atoms in total. The fourth-order valence-electron chi connectivity index (χ4n) is 1.19. The number of hydrogen-bond donors (Lipinski definition) is 2. The predicted octanol–water partition coefficient (Wildman–Crippen LogP) is 1.36. The van der Waals surface area contributed by atoms with E-state index in [1.807, 2.05) is 0 Å². The van der Waals surface area contributed by atoms with Crippen LogP contribution in [0.1, 0.15) is 23.7 Å². The van der Waals surface area contributed by atoms with E-state index in [-0.39, 0.29) is 24.7 Å². The highest BCUT2D eigenvalue weighted by Crippen LogP contribution is 2.24. The molecule has 0 unspecified atom stereocenters. The first-order valence-electron chi connectivity index (χ1n) is 4.79. The molecule has 0 saturated heterocycles. The number of Topliss-reactive ketones (excluding diaryl/α,β-unsaturated/α-hetero) is 1. The maximum atomic E-state index is 11.3. The third-order valence-corrected chi connectivity index (χ3v) is 1.95. The van der Waals surface area contributed by atoms with Gasteiger partial charge in [-0.1, -0.05) is 6.92 Å². The minimum Gasteiger partial charge on any atom is -0.507 e. The molecule has 0 spiro atoms. The number of ketones is 1. The molecule has 0 aliphatic rings. The van der Waals surface area contributed by atoms with Crippen molar-refractivity contribution >= 4 is 5.78 Å². The number of aromatic hydroxyl groups is 1. The van der Waals surface area contributed by atoms with Gasteiger partial charge in [0.2, 0.25) is 0 Å². The zero-order chi connectivity index (χ0) is 11.3. The number of phenolic OH excluding ortho intramolecular Hbond substituents is 1. The lowest BCUT2D eigenvalue weighted by atomic mass is 10.1. The number of carbonyl (C=O) groups is 1. The van der Waals surface area contributed by atoms with Crippen LogP contribution in [0.4, 0.5) is 0 Å². The average Bonchev–Trinajstić information content (AvgIpc) is 2.25. The predicted molar refractivity (Wildman–Crippen MR) is 55.3 cm³/mol. The van der Waals surface area contributed by atoms with Crippen LogP contribution >= 0.6 is 0 Å². The van der Waals surface area contributed by atoms with Crippen LogP contribution in [0.3, 0.4) is 0 Å². The van der Waals surface area contributed by atoms with E-state index in [2.05, 4.69) is 0 Å². The Hall–Kier alpha value is -1.55. The zero-order valence-corrected chi connectivity index (χ0v) is 8.56. The Kier molecular flexibility index (Phi) is 4.12. The Morgan fingerprint density at radius 1 is 1.47 bits per heavy atom. The van der Waals surface area contributed by atoms with Gasteiger partial charge in [-0.2, -0.15) is 0 Å². The summed E-state index contributed by atoms with van der Waals surface area (Å²) in [6, 6.07) is 4.49. The largest absolute Gasteiger partial charge is 0.507 e. The maximum Gasteiger partial charge on any atom is 0.166 e. The molecule has 2 N–H and O–H groups in total. The van der Waals surface area contributed by atoms with Gasteiger partial charge in [0.1, 0.15) is 18.1 Å². The van der Waals surface area contributed by atoms with Crippen LogP contribution in [0, 0.1) is 0 Å². The molecule has 4 heteroatoms. The number of hydrogen-bond acceptors (Lipinski definition) is 4. The minimum atomic E-state index is -0.110. The van der Waals surface area contributed by atoms with E-state index in [1.54, 1.807) is 13.0 Å². The molecule has 0 aliphatic carbocycles. The monoisotopic (exact) mass is 210 g/mol. The van der Waals surface area contributed by atoms with E-state index >= 15 is 0 Å². The second-order valence-electron chi connectivity index (χ2n) is 3.03. The number of phenols is 1. The number of aliphatic hydroxyl groups excluding tert-OH is 1. The van der Waals surface area contributed by atoms with Gasteiger partial charge in [-0.3, -0.25) is 4.79 Å². The molecule has 0 saturated carbocycles. The van der Waals surface area contributed by atoms with Gasteiger partial charge in [0.25, 0.3) is 0 Å².